The molecule has 3 N–H and O–H groups in total. The Morgan fingerprint density at radius 2 is 1.90 bits per heavy atom. The molecule has 1 amide bonds. The molecule has 0 aliphatic rings. The number of allylic oxidation sites excluding steroid dienone is 1. The molecule has 0 bridgehead atoms. The summed E-state index contributed by atoms with van der Waals surface area (Å²) in [7, 11) is 0. The Bertz CT molecular complexity index is 654. The molecule has 4 nitrogen and oxygen atoms in total. The first kappa shape index (κ1) is 16.0. The molecule has 106 valence electrons. The average Bonchev–Trinajstić information content (AvgIpc) is 2.48. The van der Waals surface area contributed by atoms with Crippen molar-refractivity contribution in [2.24, 2.45) is 5.73 Å². The van der Waals surface area contributed by atoms with Crippen LogP contribution in [0.4, 0.5) is 4.79 Å². The van der Waals surface area contributed by atoms with Gasteiger partial charge >= 0.3 is 6.09 Å². The molecular formula is C17H16N2O2. The zero-order chi connectivity index (χ0) is 15.7. The fraction of sp³-hybridized carbons (Fsp3) is 0.0588. The highest BCUT2D eigenvalue weighted by Gasteiger charge is 2.04. The van der Waals surface area contributed by atoms with Gasteiger partial charge in [0.2, 0.25) is 0 Å². The predicted molar refractivity (Wildman–Crippen MR) is 82.7 cm³/mol. The lowest BCUT2D eigenvalue weighted by Crippen LogP contribution is -2.03. The molecule has 0 spiro atoms. The van der Waals surface area contributed by atoms with Gasteiger partial charge in [-0.05, 0) is 29.2 Å². The maximum atomic E-state index is 9.20. The molecule has 0 aliphatic heterocycles. The Kier molecular flexibility index (Phi) is 6.23. The number of nitriles is 1. The lowest BCUT2D eigenvalue weighted by Gasteiger charge is -2.06. The van der Waals surface area contributed by atoms with Gasteiger partial charge in [-0.25, -0.2) is 4.79 Å². The van der Waals surface area contributed by atoms with E-state index in [1.807, 2.05) is 54.6 Å². The highest BCUT2D eigenvalue weighted by Crippen LogP contribution is 2.24. The summed E-state index contributed by atoms with van der Waals surface area (Å²) in [5.74, 6) is 0. The summed E-state index contributed by atoms with van der Waals surface area (Å²) in [5.41, 5.74) is 7.93. The first-order valence-corrected chi connectivity index (χ1v) is 6.26. The number of nitrogens with zero attached hydrogens (tertiary/aromatic N) is 1. The van der Waals surface area contributed by atoms with Gasteiger partial charge in [0.1, 0.15) is 0 Å². The van der Waals surface area contributed by atoms with Crippen molar-refractivity contribution in [1.82, 2.24) is 0 Å². The van der Waals surface area contributed by atoms with Crippen LogP contribution in [0.5, 0.6) is 0 Å². The number of nitrogens with two attached hydrogens (primary N) is 1. The van der Waals surface area contributed by atoms with Gasteiger partial charge in [-0.1, -0.05) is 48.5 Å². The van der Waals surface area contributed by atoms with E-state index in [-0.39, 0.29) is 0 Å². The van der Waals surface area contributed by atoms with E-state index in [9.17, 15) is 5.26 Å². The molecule has 0 saturated heterocycles. The standard InChI is InChI=1S/C16H13N.CH3NO2/c1-2-6-13-9-10-16(15(11-13)12-17)14-7-4-3-5-8-14;2-1(3)4/h2-5,7-11H,1,6H2;2H2,(H,3,4). The van der Waals surface area contributed by atoms with E-state index >= 15 is 0 Å². The molecule has 2 aromatic carbocycles. The first-order chi connectivity index (χ1) is 10.1. The molecule has 2 aromatic rings. The largest absolute Gasteiger partial charge is 0.465 e. The van der Waals surface area contributed by atoms with E-state index in [4.69, 9.17) is 9.90 Å². The van der Waals surface area contributed by atoms with Crippen LogP contribution in [-0.2, 0) is 6.42 Å². The SMILES string of the molecule is C=CCc1ccc(-c2ccccc2)c(C#N)c1.NC(=O)O. The second kappa shape index (κ2) is 8.18. The third-order valence-electron chi connectivity index (χ3n) is 2.67. The molecule has 0 atom stereocenters. The Morgan fingerprint density at radius 1 is 1.29 bits per heavy atom. The van der Waals surface area contributed by atoms with Crippen LogP contribution in [0.3, 0.4) is 0 Å². The minimum absolute atomic E-state index is 0.718. The normalized spacial score (nSPS) is 8.90. The van der Waals surface area contributed by atoms with Gasteiger partial charge in [-0.3, -0.25) is 0 Å². The third kappa shape index (κ3) is 5.21. The fourth-order valence-corrected chi connectivity index (χ4v) is 1.85. The number of benzene rings is 2. The number of hydrogen-bond donors (Lipinski definition) is 2. The molecule has 0 saturated carbocycles. The van der Waals surface area contributed by atoms with E-state index < -0.39 is 6.09 Å². The smallest absolute Gasteiger partial charge is 0.402 e. The maximum absolute atomic E-state index is 9.20. The Hall–Kier alpha value is -3.06. The summed E-state index contributed by atoms with van der Waals surface area (Å²) in [6, 6.07) is 18.2. The molecule has 0 unspecified atom stereocenters. The Morgan fingerprint density at radius 3 is 2.43 bits per heavy atom. The van der Waals surface area contributed by atoms with Crippen LogP contribution < -0.4 is 5.73 Å². The molecule has 0 aromatic heterocycles. The van der Waals surface area contributed by atoms with Crippen molar-refractivity contribution in [1.29, 1.82) is 5.26 Å². The monoisotopic (exact) mass is 280 g/mol. The number of amides is 1. The summed E-state index contributed by atoms with van der Waals surface area (Å²) < 4.78 is 0. The number of rotatable bonds is 3. The topological polar surface area (TPSA) is 87.1 Å². The maximum Gasteiger partial charge on any atom is 0.402 e. The summed E-state index contributed by atoms with van der Waals surface area (Å²) in [6.07, 6.45) is 1.31. The van der Waals surface area contributed by atoms with E-state index in [2.05, 4.69) is 18.4 Å². The zero-order valence-corrected chi connectivity index (χ0v) is 11.5. The lowest BCUT2D eigenvalue weighted by atomic mass is 9.97. The van der Waals surface area contributed by atoms with Crippen molar-refractivity contribution < 1.29 is 9.90 Å². The van der Waals surface area contributed by atoms with E-state index in [0.717, 1.165) is 28.7 Å². The van der Waals surface area contributed by atoms with Crippen LogP contribution in [0.25, 0.3) is 11.1 Å². The van der Waals surface area contributed by atoms with Crippen LogP contribution in [0.1, 0.15) is 11.1 Å². The third-order valence-corrected chi connectivity index (χ3v) is 2.67. The summed E-state index contributed by atoms with van der Waals surface area (Å²) >= 11 is 0. The van der Waals surface area contributed by atoms with Gasteiger partial charge in [0.05, 0.1) is 11.6 Å². The Labute approximate surface area is 123 Å². The van der Waals surface area contributed by atoms with Crippen LogP contribution in [0.2, 0.25) is 0 Å². The molecular weight excluding hydrogens is 264 g/mol. The minimum atomic E-state index is -1.33. The van der Waals surface area contributed by atoms with Crippen molar-refractivity contribution in [3.05, 3.63) is 72.3 Å². The summed E-state index contributed by atoms with van der Waals surface area (Å²) in [6.45, 7) is 3.71. The van der Waals surface area contributed by atoms with Gasteiger partial charge < -0.3 is 10.8 Å². The lowest BCUT2D eigenvalue weighted by molar-refractivity contribution is 0.205. The van der Waals surface area contributed by atoms with Gasteiger partial charge in [0, 0.05) is 0 Å². The number of carbonyl (C=O) groups is 1. The van der Waals surface area contributed by atoms with E-state index in [0.29, 0.717) is 0 Å². The van der Waals surface area contributed by atoms with Crippen molar-refractivity contribution in [3.8, 4) is 17.2 Å². The molecule has 2 rings (SSSR count). The van der Waals surface area contributed by atoms with Gasteiger partial charge in [0.25, 0.3) is 0 Å². The molecule has 21 heavy (non-hydrogen) atoms. The van der Waals surface area contributed by atoms with Crippen molar-refractivity contribution in [2.75, 3.05) is 0 Å². The predicted octanol–water partition coefficient (Wildman–Crippen LogP) is 3.58. The van der Waals surface area contributed by atoms with Gasteiger partial charge in [-0.15, -0.1) is 6.58 Å². The van der Waals surface area contributed by atoms with Gasteiger partial charge in [-0.2, -0.15) is 5.26 Å². The van der Waals surface area contributed by atoms with Crippen molar-refractivity contribution in [3.63, 3.8) is 0 Å². The summed E-state index contributed by atoms with van der Waals surface area (Å²) in [5, 5.41) is 16.4. The average molecular weight is 280 g/mol. The van der Waals surface area contributed by atoms with Crippen molar-refractivity contribution >= 4 is 6.09 Å². The molecule has 0 fully saturated rings. The van der Waals surface area contributed by atoms with Crippen LogP contribution in [-0.4, -0.2) is 11.2 Å². The van der Waals surface area contributed by atoms with Crippen LogP contribution in [0.15, 0.2) is 61.2 Å². The van der Waals surface area contributed by atoms with Crippen molar-refractivity contribution in [2.45, 2.75) is 6.42 Å². The first-order valence-electron chi connectivity index (χ1n) is 6.26. The number of hydrogen-bond acceptors (Lipinski definition) is 2. The Balaban J connectivity index is 0.000000491. The quantitative estimate of drug-likeness (QED) is 0.842. The summed E-state index contributed by atoms with van der Waals surface area (Å²) in [4.78, 5) is 8.78. The number of primary amides is 1. The highest BCUT2D eigenvalue weighted by atomic mass is 16.4. The zero-order valence-electron chi connectivity index (χ0n) is 11.5. The molecule has 4 heteroatoms. The van der Waals surface area contributed by atoms with E-state index in [1.165, 1.54) is 0 Å². The second-order valence-corrected chi connectivity index (χ2v) is 4.19. The molecule has 0 aliphatic carbocycles. The molecule has 0 heterocycles. The van der Waals surface area contributed by atoms with E-state index in [1.54, 1.807) is 0 Å². The fourth-order valence-electron chi connectivity index (χ4n) is 1.85. The highest BCUT2D eigenvalue weighted by molar-refractivity contribution is 5.70. The second-order valence-electron chi connectivity index (χ2n) is 4.19. The molecule has 0 radical (unpaired) electrons. The number of carboxylic acid groups (broad SMARTS) is 1. The minimum Gasteiger partial charge on any atom is -0.465 e. The van der Waals surface area contributed by atoms with Crippen LogP contribution in [0, 0.1) is 11.3 Å². The van der Waals surface area contributed by atoms with Gasteiger partial charge in [0.15, 0.2) is 0 Å². The van der Waals surface area contributed by atoms with Crippen LogP contribution >= 0.6 is 0 Å².